The van der Waals surface area contributed by atoms with Crippen LogP contribution < -0.4 is 19.7 Å². The number of nitrogens with zero attached hydrogens (tertiary/aromatic N) is 3. The molecule has 1 aliphatic rings. The molecule has 2 heterocycles. The van der Waals surface area contributed by atoms with Gasteiger partial charge in [-0.05, 0) is 43.4 Å². The third-order valence-corrected chi connectivity index (χ3v) is 5.10. The first kappa shape index (κ1) is 19.9. The SMILES string of the molecule is COc1ccc(CNC(=O)CC[C@H]2CCCN(c3ncccn3)C2)c(OC)c1. The number of nitrogens with one attached hydrogen (secondary N) is 1. The van der Waals surface area contributed by atoms with Crippen molar-refractivity contribution < 1.29 is 14.3 Å². The summed E-state index contributed by atoms with van der Waals surface area (Å²) in [5.74, 6) is 2.77. The zero-order valence-corrected chi connectivity index (χ0v) is 16.6. The Bertz CT molecular complexity index is 770. The molecule has 1 atom stereocenters. The van der Waals surface area contributed by atoms with Gasteiger partial charge in [-0.2, -0.15) is 0 Å². The molecule has 1 aromatic heterocycles. The summed E-state index contributed by atoms with van der Waals surface area (Å²) < 4.78 is 10.6. The lowest BCUT2D eigenvalue weighted by atomic mass is 9.93. The Morgan fingerprint density at radius 1 is 1.25 bits per heavy atom. The van der Waals surface area contributed by atoms with E-state index < -0.39 is 0 Å². The van der Waals surface area contributed by atoms with E-state index in [2.05, 4.69) is 20.2 Å². The lowest BCUT2D eigenvalue weighted by Gasteiger charge is -2.32. The van der Waals surface area contributed by atoms with E-state index in [-0.39, 0.29) is 5.91 Å². The molecule has 0 unspecified atom stereocenters. The second kappa shape index (κ2) is 9.92. The Morgan fingerprint density at radius 3 is 2.82 bits per heavy atom. The molecule has 7 heteroatoms. The maximum Gasteiger partial charge on any atom is 0.225 e. The van der Waals surface area contributed by atoms with Gasteiger partial charge in [0, 0.05) is 50.1 Å². The smallest absolute Gasteiger partial charge is 0.225 e. The number of hydrogen-bond donors (Lipinski definition) is 1. The zero-order chi connectivity index (χ0) is 19.8. The van der Waals surface area contributed by atoms with E-state index in [0.29, 0.717) is 24.6 Å². The van der Waals surface area contributed by atoms with E-state index in [4.69, 9.17) is 9.47 Å². The van der Waals surface area contributed by atoms with Gasteiger partial charge in [0.05, 0.1) is 14.2 Å². The number of carbonyl (C=O) groups excluding carboxylic acids is 1. The molecule has 0 saturated carbocycles. The van der Waals surface area contributed by atoms with Crippen LogP contribution in [0.3, 0.4) is 0 Å². The number of aromatic nitrogens is 2. The van der Waals surface area contributed by atoms with Crippen LogP contribution >= 0.6 is 0 Å². The minimum absolute atomic E-state index is 0.0611. The Labute approximate surface area is 166 Å². The fourth-order valence-electron chi connectivity index (χ4n) is 3.55. The lowest BCUT2D eigenvalue weighted by molar-refractivity contribution is -0.121. The predicted octanol–water partition coefficient (Wildman–Crippen LogP) is 2.81. The molecular weight excluding hydrogens is 356 g/mol. The van der Waals surface area contributed by atoms with Crippen molar-refractivity contribution in [3.05, 3.63) is 42.2 Å². The molecule has 0 radical (unpaired) electrons. The average molecular weight is 384 g/mol. The molecule has 1 amide bonds. The minimum Gasteiger partial charge on any atom is -0.497 e. The Balaban J connectivity index is 1.45. The average Bonchev–Trinajstić information content (AvgIpc) is 2.77. The molecule has 28 heavy (non-hydrogen) atoms. The van der Waals surface area contributed by atoms with E-state index in [1.54, 1.807) is 26.6 Å². The fourth-order valence-corrected chi connectivity index (χ4v) is 3.55. The van der Waals surface area contributed by atoms with Crippen LogP contribution in [0.2, 0.25) is 0 Å². The van der Waals surface area contributed by atoms with Crippen molar-refractivity contribution in [2.24, 2.45) is 5.92 Å². The van der Waals surface area contributed by atoms with E-state index in [9.17, 15) is 4.79 Å². The second-order valence-electron chi connectivity index (χ2n) is 7.00. The topological polar surface area (TPSA) is 76.6 Å². The Kier molecular flexibility index (Phi) is 7.06. The van der Waals surface area contributed by atoms with Crippen molar-refractivity contribution in [3.8, 4) is 11.5 Å². The minimum atomic E-state index is 0.0611. The van der Waals surface area contributed by atoms with E-state index in [1.807, 2.05) is 24.3 Å². The first-order valence-corrected chi connectivity index (χ1v) is 9.69. The predicted molar refractivity (Wildman–Crippen MR) is 108 cm³/mol. The summed E-state index contributed by atoms with van der Waals surface area (Å²) >= 11 is 0. The Hall–Kier alpha value is -2.83. The fraction of sp³-hybridized carbons (Fsp3) is 0.476. The van der Waals surface area contributed by atoms with Gasteiger partial charge in [0.25, 0.3) is 0 Å². The van der Waals surface area contributed by atoms with Crippen LogP contribution in [0, 0.1) is 5.92 Å². The number of benzene rings is 1. The maximum absolute atomic E-state index is 12.3. The van der Waals surface area contributed by atoms with Crippen LogP contribution in [0.15, 0.2) is 36.7 Å². The monoisotopic (exact) mass is 384 g/mol. The molecule has 0 spiro atoms. The molecule has 3 rings (SSSR count). The first-order valence-electron chi connectivity index (χ1n) is 9.69. The highest BCUT2D eigenvalue weighted by Gasteiger charge is 2.22. The van der Waals surface area contributed by atoms with Gasteiger partial charge in [0.1, 0.15) is 11.5 Å². The van der Waals surface area contributed by atoms with Crippen LogP contribution in [0.4, 0.5) is 5.95 Å². The van der Waals surface area contributed by atoms with Gasteiger partial charge in [-0.25, -0.2) is 9.97 Å². The number of methoxy groups -OCH3 is 2. The van der Waals surface area contributed by atoms with Gasteiger partial charge in [0.15, 0.2) is 0 Å². The van der Waals surface area contributed by atoms with Crippen molar-refractivity contribution in [2.75, 3.05) is 32.2 Å². The van der Waals surface area contributed by atoms with Crippen molar-refractivity contribution in [1.29, 1.82) is 0 Å². The summed E-state index contributed by atoms with van der Waals surface area (Å²) in [4.78, 5) is 23.2. The quantitative estimate of drug-likeness (QED) is 0.754. The molecule has 150 valence electrons. The lowest BCUT2D eigenvalue weighted by Crippen LogP contribution is -2.37. The van der Waals surface area contributed by atoms with Crippen molar-refractivity contribution in [2.45, 2.75) is 32.2 Å². The first-order chi connectivity index (χ1) is 13.7. The zero-order valence-electron chi connectivity index (χ0n) is 16.6. The molecule has 1 aliphatic heterocycles. The number of amides is 1. The van der Waals surface area contributed by atoms with Gasteiger partial charge in [0.2, 0.25) is 11.9 Å². The summed E-state index contributed by atoms with van der Waals surface area (Å²) in [5.41, 5.74) is 0.932. The highest BCUT2D eigenvalue weighted by atomic mass is 16.5. The molecular formula is C21H28N4O3. The summed E-state index contributed by atoms with van der Waals surface area (Å²) in [6.45, 7) is 2.33. The number of carbonyl (C=O) groups is 1. The third kappa shape index (κ3) is 5.34. The highest BCUT2D eigenvalue weighted by Crippen LogP contribution is 2.25. The van der Waals surface area contributed by atoms with E-state index in [0.717, 1.165) is 49.6 Å². The number of ether oxygens (including phenoxy) is 2. The van der Waals surface area contributed by atoms with Crippen molar-refractivity contribution in [3.63, 3.8) is 0 Å². The molecule has 7 nitrogen and oxygen atoms in total. The van der Waals surface area contributed by atoms with Crippen LogP contribution in [0.25, 0.3) is 0 Å². The van der Waals surface area contributed by atoms with Gasteiger partial charge < -0.3 is 19.7 Å². The summed E-state index contributed by atoms with van der Waals surface area (Å²) in [7, 11) is 3.23. The number of rotatable bonds is 8. The van der Waals surface area contributed by atoms with Crippen LogP contribution in [-0.2, 0) is 11.3 Å². The van der Waals surface area contributed by atoms with Crippen LogP contribution in [-0.4, -0.2) is 43.2 Å². The third-order valence-electron chi connectivity index (χ3n) is 5.10. The summed E-state index contributed by atoms with van der Waals surface area (Å²) in [5, 5.41) is 3.00. The maximum atomic E-state index is 12.3. The second-order valence-corrected chi connectivity index (χ2v) is 7.00. The van der Waals surface area contributed by atoms with Gasteiger partial charge in [-0.15, -0.1) is 0 Å². The van der Waals surface area contributed by atoms with Crippen molar-refractivity contribution >= 4 is 11.9 Å². The van der Waals surface area contributed by atoms with Crippen LogP contribution in [0.1, 0.15) is 31.2 Å². The molecule has 1 fully saturated rings. The standard InChI is InChI=1S/C21H28N4O3/c1-27-18-8-7-17(19(13-18)28-2)14-24-20(26)9-6-16-5-3-12-25(15-16)21-22-10-4-11-23-21/h4,7-8,10-11,13,16H,3,5-6,9,12,14-15H2,1-2H3,(H,24,26)/t16-/m1/s1. The summed E-state index contributed by atoms with van der Waals surface area (Å²) in [6.07, 6.45) is 7.18. The van der Waals surface area contributed by atoms with Gasteiger partial charge in [-0.1, -0.05) is 0 Å². The number of piperidine rings is 1. The summed E-state index contributed by atoms with van der Waals surface area (Å²) in [6, 6.07) is 7.43. The largest absolute Gasteiger partial charge is 0.497 e. The Morgan fingerprint density at radius 2 is 2.07 bits per heavy atom. The van der Waals surface area contributed by atoms with Crippen LogP contribution in [0.5, 0.6) is 11.5 Å². The number of hydrogen-bond acceptors (Lipinski definition) is 6. The molecule has 1 N–H and O–H groups in total. The van der Waals surface area contributed by atoms with E-state index >= 15 is 0 Å². The number of anilines is 1. The van der Waals surface area contributed by atoms with Crippen molar-refractivity contribution in [1.82, 2.24) is 15.3 Å². The molecule has 0 bridgehead atoms. The van der Waals surface area contributed by atoms with E-state index in [1.165, 1.54) is 0 Å². The normalized spacial score (nSPS) is 16.5. The van der Waals surface area contributed by atoms with Gasteiger partial charge in [-0.3, -0.25) is 4.79 Å². The van der Waals surface area contributed by atoms with Gasteiger partial charge >= 0.3 is 0 Å². The molecule has 2 aromatic rings. The molecule has 1 aromatic carbocycles. The highest BCUT2D eigenvalue weighted by molar-refractivity contribution is 5.76. The molecule has 0 aliphatic carbocycles. The molecule has 1 saturated heterocycles.